The number of amides is 2. The largest absolute Gasteiger partial charge is 0.383 e. The molecule has 0 aliphatic heterocycles. The van der Waals surface area contributed by atoms with E-state index in [0.717, 1.165) is 10.7 Å². The molecule has 0 radical (unpaired) electrons. The van der Waals surface area contributed by atoms with Gasteiger partial charge in [0, 0.05) is 40.7 Å². The average Bonchev–Trinajstić information content (AvgIpc) is 2.64. The minimum absolute atomic E-state index is 0.00605. The Kier molecular flexibility index (Phi) is 10.4. The minimum atomic E-state index is -3.65. The zero-order valence-electron chi connectivity index (χ0n) is 16.5. The Morgan fingerprint density at radius 1 is 1.11 bits per heavy atom. The maximum atomic E-state index is 12.3. The smallest absolute Gasteiger partial charge is 0.252 e. The Labute approximate surface area is 171 Å². The van der Waals surface area contributed by atoms with Crippen molar-refractivity contribution in [2.75, 3.05) is 40.9 Å². The van der Waals surface area contributed by atoms with Gasteiger partial charge in [-0.2, -0.15) is 0 Å². The van der Waals surface area contributed by atoms with E-state index in [1.807, 2.05) is 0 Å². The topological polar surface area (TPSA) is 105 Å². The number of carbonyl (C=O) groups excluding carboxylic acids is 2. The fourth-order valence-corrected chi connectivity index (χ4v) is 3.45. The number of hydrogen-bond acceptors (Lipinski definition) is 5. The number of carbonyl (C=O) groups is 2. The fourth-order valence-electron chi connectivity index (χ4n) is 2.32. The van der Waals surface area contributed by atoms with Gasteiger partial charge in [0.05, 0.1) is 22.1 Å². The lowest BCUT2D eigenvalue weighted by Gasteiger charge is -2.13. The number of unbranched alkanes of at least 4 members (excludes halogenated alkanes) is 2. The van der Waals surface area contributed by atoms with Gasteiger partial charge < -0.3 is 15.4 Å². The predicted octanol–water partition coefficient (Wildman–Crippen LogP) is 1.64. The second-order valence-electron chi connectivity index (χ2n) is 6.34. The molecule has 1 aromatic rings. The summed E-state index contributed by atoms with van der Waals surface area (Å²) in [5, 5.41) is 5.66. The van der Waals surface area contributed by atoms with E-state index in [9.17, 15) is 18.0 Å². The lowest BCUT2D eigenvalue weighted by molar-refractivity contribution is -0.121. The van der Waals surface area contributed by atoms with Crippen LogP contribution >= 0.6 is 11.6 Å². The first-order chi connectivity index (χ1) is 13.2. The SMILES string of the molecule is COCCNC(=O)CCCCCNC(=O)c1cc(S(=O)(=O)N(C)C)ccc1Cl. The molecule has 0 atom stereocenters. The van der Waals surface area contributed by atoms with Gasteiger partial charge in [-0.05, 0) is 31.0 Å². The first kappa shape index (κ1) is 24.4. The van der Waals surface area contributed by atoms with Crippen LogP contribution in [-0.2, 0) is 19.6 Å². The van der Waals surface area contributed by atoms with Crippen LogP contribution in [-0.4, -0.2) is 65.4 Å². The number of halogens is 1. The highest BCUT2D eigenvalue weighted by Crippen LogP contribution is 2.22. The number of rotatable bonds is 12. The van der Waals surface area contributed by atoms with E-state index in [-0.39, 0.29) is 21.4 Å². The van der Waals surface area contributed by atoms with Gasteiger partial charge in [-0.3, -0.25) is 9.59 Å². The van der Waals surface area contributed by atoms with Crippen LogP contribution in [0.4, 0.5) is 0 Å². The third kappa shape index (κ3) is 7.75. The summed E-state index contributed by atoms with van der Waals surface area (Å²) in [6, 6.07) is 4.04. The summed E-state index contributed by atoms with van der Waals surface area (Å²) in [5.41, 5.74) is 0.113. The summed E-state index contributed by atoms with van der Waals surface area (Å²) >= 11 is 6.05. The monoisotopic (exact) mass is 433 g/mol. The van der Waals surface area contributed by atoms with Gasteiger partial charge in [-0.1, -0.05) is 18.0 Å². The second kappa shape index (κ2) is 12.0. The highest BCUT2D eigenvalue weighted by atomic mass is 35.5. The first-order valence-electron chi connectivity index (χ1n) is 8.96. The van der Waals surface area contributed by atoms with Crippen LogP contribution in [0.1, 0.15) is 36.0 Å². The molecule has 0 aliphatic carbocycles. The van der Waals surface area contributed by atoms with Crippen molar-refractivity contribution in [3.05, 3.63) is 28.8 Å². The molecule has 0 spiro atoms. The first-order valence-corrected chi connectivity index (χ1v) is 10.8. The van der Waals surface area contributed by atoms with E-state index in [0.29, 0.717) is 39.0 Å². The van der Waals surface area contributed by atoms with Crippen molar-refractivity contribution in [3.8, 4) is 0 Å². The lowest BCUT2D eigenvalue weighted by atomic mass is 10.1. The standard InChI is InChI=1S/C18H28ClN3O5S/c1-22(2)28(25,26)14-8-9-16(19)15(13-14)18(24)21-10-6-4-5-7-17(23)20-11-12-27-3/h8-9,13H,4-7,10-12H2,1-3H3,(H,20,23)(H,21,24). The third-order valence-corrected chi connectivity index (χ3v) is 6.10. The van der Waals surface area contributed by atoms with E-state index >= 15 is 0 Å². The second-order valence-corrected chi connectivity index (χ2v) is 8.90. The molecule has 0 saturated carbocycles. The zero-order valence-corrected chi connectivity index (χ0v) is 18.0. The van der Waals surface area contributed by atoms with Crippen molar-refractivity contribution in [2.24, 2.45) is 0 Å². The molecule has 2 amide bonds. The number of methoxy groups -OCH3 is 1. The molecule has 0 aromatic heterocycles. The molecular weight excluding hydrogens is 406 g/mol. The molecule has 2 N–H and O–H groups in total. The highest BCUT2D eigenvalue weighted by Gasteiger charge is 2.20. The van der Waals surface area contributed by atoms with Gasteiger partial charge in [-0.25, -0.2) is 12.7 Å². The van der Waals surface area contributed by atoms with E-state index in [4.69, 9.17) is 16.3 Å². The van der Waals surface area contributed by atoms with Crippen LogP contribution in [0.25, 0.3) is 0 Å². The van der Waals surface area contributed by atoms with Gasteiger partial charge in [0.25, 0.3) is 5.91 Å². The van der Waals surface area contributed by atoms with Gasteiger partial charge >= 0.3 is 0 Å². The van der Waals surface area contributed by atoms with E-state index < -0.39 is 15.9 Å². The molecule has 1 aromatic carbocycles. The van der Waals surface area contributed by atoms with Crippen LogP contribution in [0.5, 0.6) is 0 Å². The average molecular weight is 434 g/mol. The quantitative estimate of drug-likeness (QED) is 0.487. The molecule has 158 valence electrons. The Morgan fingerprint density at radius 3 is 2.46 bits per heavy atom. The molecule has 0 aliphatic rings. The van der Waals surface area contributed by atoms with Crippen LogP contribution in [0.2, 0.25) is 5.02 Å². The van der Waals surface area contributed by atoms with Crippen molar-refractivity contribution in [3.63, 3.8) is 0 Å². The molecule has 0 fully saturated rings. The predicted molar refractivity (Wildman–Crippen MR) is 108 cm³/mol. The van der Waals surface area contributed by atoms with Crippen LogP contribution < -0.4 is 10.6 Å². The summed E-state index contributed by atoms with van der Waals surface area (Å²) in [6.45, 7) is 1.39. The zero-order chi connectivity index (χ0) is 21.2. The van der Waals surface area contributed by atoms with Crippen molar-refractivity contribution in [1.82, 2.24) is 14.9 Å². The molecule has 0 heterocycles. The maximum Gasteiger partial charge on any atom is 0.252 e. The Balaban J connectivity index is 2.45. The van der Waals surface area contributed by atoms with Crippen LogP contribution in [0.15, 0.2) is 23.1 Å². The number of sulfonamides is 1. The Hall–Kier alpha value is -1.68. The number of nitrogens with one attached hydrogen (secondary N) is 2. The van der Waals surface area contributed by atoms with Crippen molar-refractivity contribution >= 4 is 33.4 Å². The highest BCUT2D eigenvalue weighted by molar-refractivity contribution is 7.89. The number of nitrogens with zero attached hydrogens (tertiary/aromatic N) is 1. The Morgan fingerprint density at radius 2 is 1.82 bits per heavy atom. The van der Waals surface area contributed by atoms with Gasteiger partial charge in [0.2, 0.25) is 15.9 Å². The summed E-state index contributed by atoms with van der Waals surface area (Å²) in [6.07, 6.45) is 2.62. The molecule has 28 heavy (non-hydrogen) atoms. The van der Waals surface area contributed by atoms with Gasteiger partial charge in [0.15, 0.2) is 0 Å². The van der Waals surface area contributed by atoms with Crippen molar-refractivity contribution < 1.29 is 22.7 Å². The molecular formula is C18H28ClN3O5S. The number of ether oxygens (including phenoxy) is 1. The van der Waals surface area contributed by atoms with Crippen molar-refractivity contribution in [1.29, 1.82) is 0 Å². The summed E-state index contributed by atoms with van der Waals surface area (Å²) in [7, 11) is 0.761. The van der Waals surface area contributed by atoms with Gasteiger partial charge in [-0.15, -0.1) is 0 Å². The molecule has 0 unspecified atom stereocenters. The number of hydrogen-bond donors (Lipinski definition) is 2. The summed E-state index contributed by atoms with van der Waals surface area (Å²) < 4.78 is 30.3. The Bertz CT molecular complexity index is 768. The fraction of sp³-hybridized carbons (Fsp3) is 0.556. The summed E-state index contributed by atoms with van der Waals surface area (Å²) in [4.78, 5) is 23.9. The van der Waals surface area contributed by atoms with Crippen molar-refractivity contribution in [2.45, 2.75) is 30.6 Å². The molecule has 0 saturated heterocycles. The lowest BCUT2D eigenvalue weighted by Crippen LogP contribution is -2.27. The minimum Gasteiger partial charge on any atom is -0.383 e. The van der Waals surface area contributed by atoms with Crippen LogP contribution in [0.3, 0.4) is 0 Å². The van der Waals surface area contributed by atoms with E-state index in [2.05, 4.69) is 10.6 Å². The number of benzene rings is 1. The third-order valence-electron chi connectivity index (χ3n) is 3.96. The van der Waals surface area contributed by atoms with E-state index in [1.165, 1.54) is 32.3 Å². The van der Waals surface area contributed by atoms with Gasteiger partial charge in [0.1, 0.15) is 0 Å². The normalized spacial score (nSPS) is 11.5. The van der Waals surface area contributed by atoms with E-state index in [1.54, 1.807) is 7.11 Å². The summed E-state index contributed by atoms with van der Waals surface area (Å²) in [5.74, 6) is -0.454. The van der Waals surface area contributed by atoms with Crippen LogP contribution in [0, 0.1) is 0 Å². The molecule has 8 nitrogen and oxygen atoms in total. The maximum absolute atomic E-state index is 12.3. The molecule has 0 bridgehead atoms. The molecule has 10 heteroatoms. The molecule has 1 rings (SSSR count).